The Kier molecular flexibility index (Phi) is 3.20. The minimum Gasteiger partial charge on any atom is -0.372 e. The smallest absolute Gasteiger partial charge is 0.156 e. The second-order valence-corrected chi connectivity index (χ2v) is 6.33. The van der Waals surface area contributed by atoms with Crippen LogP contribution >= 0.6 is 11.6 Å². The first kappa shape index (κ1) is 13.8. The summed E-state index contributed by atoms with van der Waals surface area (Å²) in [6, 6.07) is 5.80. The molecule has 3 heterocycles. The number of anilines is 1. The molecule has 2 unspecified atom stereocenters. The van der Waals surface area contributed by atoms with Crippen LogP contribution in [-0.2, 0) is 4.74 Å². The maximum absolute atomic E-state index is 6.12. The quantitative estimate of drug-likeness (QED) is 0.748. The monoisotopic (exact) mass is 316 g/mol. The first-order valence-corrected chi connectivity index (χ1v) is 7.82. The van der Waals surface area contributed by atoms with Crippen molar-refractivity contribution in [3.8, 4) is 0 Å². The topological polar surface area (TPSA) is 54.0 Å². The fourth-order valence-corrected chi connectivity index (χ4v) is 3.41. The molecule has 0 spiro atoms. The summed E-state index contributed by atoms with van der Waals surface area (Å²) in [5.74, 6) is 0.930. The number of aromatic nitrogens is 3. The largest absolute Gasteiger partial charge is 0.372 e. The van der Waals surface area contributed by atoms with Gasteiger partial charge in [-0.2, -0.15) is 0 Å². The van der Waals surface area contributed by atoms with E-state index in [9.17, 15) is 0 Å². The summed E-state index contributed by atoms with van der Waals surface area (Å²) in [5, 5.41) is 1.74. The van der Waals surface area contributed by atoms with Crippen LogP contribution in [0.15, 0.2) is 24.5 Å². The highest BCUT2D eigenvalue weighted by molar-refractivity contribution is 6.31. The van der Waals surface area contributed by atoms with E-state index in [1.165, 1.54) is 0 Å². The summed E-state index contributed by atoms with van der Waals surface area (Å²) in [6.45, 7) is 5.83. The molecule has 1 aromatic carbocycles. The van der Waals surface area contributed by atoms with Gasteiger partial charge < -0.3 is 14.6 Å². The molecule has 1 saturated heterocycles. The van der Waals surface area contributed by atoms with Crippen LogP contribution in [0.2, 0.25) is 5.02 Å². The minimum absolute atomic E-state index is 0.188. The van der Waals surface area contributed by atoms with E-state index in [4.69, 9.17) is 16.3 Å². The van der Waals surface area contributed by atoms with Crippen LogP contribution in [-0.4, -0.2) is 40.2 Å². The molecule has 0 aliphatic carbocycles. The zero-order chi connectivity index (χ0) is 15.3. The zero-order valence-corrected chi connectivity index (χ0v) is 13.3. The van der Waals surface area contributed by atoms with Gasteiger partial charge in [0.15, 0.2) is 5.82 Å². The molecule has 1 aliphatic rings. The van der Waals surface area contributed by atoms with Gasteiger partial charge in [-0.3, -0.25) is 0 Å². The summed E-state index contributed by atoms with van der Waals surface area (Å²) < 4.78 is 5.81. The van der Waals surface area contributed by atoms with E-state index in [0.717, 1.165) is 40.8 Å². The number of halogens is 1. The van der Waals surface area contributed by atoms with E-state index in [1.807, 2.05) is 18.2 Å². The minimum atomic E-state index is 0.188. The lowest BCUT2D eigenvalue weighted by Gasteiger charge is -2.36. The molecule has 2 atom stereocenters. The summed E-state index contributed by atoms with van der Waals surface area (Å²) in [7, 11) is 0. The Morgan fingerprint density at radius 2 is 2.00 bits per heavy atom. The van der Waals surface area contributed by atoms with Crippen molar-refractivity contribution >= 4 is 39.4 Å². The van der Waals surface area contributed by atoms with Gasteiger partial charge in [0.1, 0.15) is 17.4 Å². The highest BCUT2D eigenvalue weighted by atomic mass is 35.5. The van der Waals surface area contributed by atoms with Gasteiger partial charge in [0.05, 0.1) is 12.2 Å². The molecule has 1 fully saturated rings. The third-order valence-corrected chi connectivity index (χ3v) is 4.28. The van der Waals surface area contributed by atoms with Gasteiger partial charge >= 0.3 is 0 Å². The number of hydrogen-bond acceptors (Lipinski definition) is 4. The molecule has 1 N–H and O–H groups in total. The highest BCUT2D eigenvalue weighted by Gasteiger charge is 2.25. The van der Waals surface area contributed by atoms with Crippen molar-refractivity contribution < 1.29 is 4.74 Å². The van der Waals surface area contributed by atoms with Crippen LogP contribution in [0.4, 0.5) is 5.82 Å². The van der Waals surface area contributed by atoms with Gasteiger partial charge in [0, 0.05) is 29.0 Å². The van der Waals surface area contributed by atoms with E-state index >= 15 is 0 Å². The molecular weight excluding hydrogens is 300 g/mol. The Balaban J connectivity index is 1.89. The van der Waals surface area contributed by atoms with Crippen molar-refractivity contribution in [2.45, 2.75) is 26.1 Å². The molecule has 4 rings (SSSR count). The number of nitrogens with one attached hydrogen (secondary N) is 1. The predicted molar refractivity (Wildman–Crippen MR) is 88.6 cm³/mol. The first-order valence-electron chi connectivity index (χ1n) is 7.44. The normalized spacial score (nSPS) is 22.6. The lowest BCUT2D eigenvalue weighted by Crippen LogP contribution is -2.46. The van der Waals surface area contributed by atoms with E-state index in [1.54, 1.807) is 6.33 Å². The zero-order valence-electron chi connectivity index (χ0n) is 12.5. The number of aromatic amines is 1. The number of fused-ring (bicyclic) bond motifs is 3. The standard InChI is InChI=1S/C16H17ClN4O/c1-9-6-21(7-10(2)22-9)16-15-14(18-8-19-16)12-5-11(17)3-4-13(12)20-15/h3-5,8-10,20H,6-7H2,1-2H3. The second kappa shape index (κ2) is 5.11. The molecule has 0 bridgehead atoms. The molecule has 0 saturated carbocycles. The van der Waals surface area contributed by atoms with Crippen LogP contribution in [0, 0.1) is 0 Å². The van der Waals surface area contributed by atoms with Crippen molar-refractivity contribution in [1.29, 1.82) is 0 Å². The molecular formula is C16H17ClN4O. The number of ether oxygens (including phenoxy) is 1. The summed E-state index contributed by atoms with van der Waals surface area (Å²) in [6.07, 6.45) is 2.00. The number of hydrogen-bond donors (Lipinski definition) is 1. The van der Waals surface area contributed by atoms with Crippen LogP contribution in [0.25, 0.3) is 21.9 Å². The van der Waals surface area contributed by atoms with Crippen molar-refractivity contribution in [1.82, 2.24) is 15.0 Å². The van der Waals surface area contributed by atoms with E-state index < -0.39 is 0 Å². The number of nitrogens with zero attached hydrogens (tertiary/aromatic N) is 3. The Morgan fingerprint density at radius 3 is 2.77 bits per heavy atom. The maximum Gasteiger partial charge on any atom is 0.156 e. The van der Waals surface area contributed by atoms with Crippen LogP contribution in [0.3, 0.4) is 0 Å². The fraction of sp³-hybridized carbons (Fsp3) is 0.375. The number of H-pyrrole nitrogens is 1. The Bertz CT molecular complexity index is 837. The van der Waals surface area contributed by atoms with Gasteiger partial charge in [-0.05, 0) is 32.0 Å². The summed E-state index contributed by atoms with van der Waals surface area (Å²) in [5.41, 5.74) is 2.89. The van der Waals surface area contributed by atoms with Crippen LogP contribution < -0.4 is 4.90 Å². The molecule has 5 nitrogen and oxygen atoms in total. The van der Waals surface area contributed by atoms with E-state index in [2.05, 4.69) is 33.7 Å². The van der Waals surface area contributed by atoms with Gasteiger partial charge in [-0.25, -0.2) is 9.97 Å². The van der Waals surface area contributed by atoms with Gasteiger partial charge in [-0.15, -0.1) is 0 Å². The molecule has 3 aromatic rings. The average Bonchev–Trinajstić information content (AvgIpc) is 2.84. The van der Waals surface area contributed by atoms with Crippen LogP contribution in [0.5, 0.6) is 0 Å². The molecule has 114 valence electrons. The van der Waals surface area contributed by atoms with Crippen molar-refractivity contribution in [3.05, 3.63) is 29.5 Å². The van der Waals surface area contributed by atoms with Crippen molar-refractivity contribution in [3.63, 3.8) is 0 Å². The fourth-order valence-electron chi connectivity index (χ4n) is 3.24. The number of morpholine rings is 1. The Hall–Kier alpha value is -1.85. The first-order chi connectivity index (χ1) is 10.6. The Labute approximate surface area is 133 Å². The molecule has 0 amide bonds. The molecule has 1 aliphatic heterocycles. The lowest BCUT2D eigenvalue weighted by atomic mass is 10.2. The molecule has 2 aromatic heterocycles. The molecule has 6 heteroatoms. The SMILES string of the molecule is CC1CN(c2ncnc3c2[nH]c2ccc(Cl)cc23)CC(C)O1. The lowest BCUT2D eigenvalue weighted by molar-refractivity contribution is -0.00537. The van der Waals surface area contributed by atoms with Gasteiger partial charge in [0.2, 0.25) is 0 Å². The maximum atomic E-state index is 6.12. The van der Waals surface area contributed by atoms with Crippen molar-refractivity contribution in [2.75, 3.05) is 18.0 Å². The van der Waals surface area contributed by atoms with Gasteiger partial charge in [0.25, 0.3) is 0 Å². The third-order valence-electron chi connectivity index (χ3n) is 4.04. The molecule has 0 radical (unpaired) electrons. The van der Waals surface area contributed by atoms with E-state index in [-0.39, 0.29) is 12.2 Å². The highest BCUT2D eigenvalue weighted by Crippen LogP contribution is 2.31. The van der Waals surface area contributed by atoms with Gasteiger partial charge in [-0.1, -0.05) is 11.6 Å². The summed E-state index contributed by atoms with van der Waals surface area (Å²) in [4.78, 5) is 14.7. The molecule has 22 heavy (non-hydrogen) atoms. The third kappa shape index (κ3) is 2.21. The second-order valence-electron chi connectivity index (χ2n) is 5.90. The van der Waals surface area contributed by atoms with Crippen LogP contribution in [0.1, 0.15) is 13.8 Å². The Morgan fingerprint density at radius 1 is 1.23 bits per heavy atom. The number of rotatable bonds is 1. The van der Waals surface area contributed by atoms with Crippen molar-refractivity contribution in [2.24, 2.45) is 0 Å². The number of benzene rings is 1. The predicted octanol–water partition coefficient (Wildman–Crippen LogP) is 3.38. The van der Waals surface area contributed by atoms with E-state index in [0.29, 0.717) is 5.02 Å². The average molecular weight is 317 g/mol. The summed E-state index contributed by atoms with van der Waals surface area (Å²) >= 11 is 6.12.